The minimum absolute atomic E-state index is 0.0772. The number of thiophene rings is 1. The molecule has 1 N–H and O–H groups in total. The van der Waals surface area contributed by atoms with Gasteiger partial charge in [-0.3, -0.25) is 4.90 Å². The van der Waals surface area contributed by atoms with E-state index in [1.54, 1.807) is 29.5 Å². The zero-order chi connectivity index (χ0) is 21.1. The van der Waals surface area contributed by atoms with E-state index >= 15 is 0 Å². The van der Waals surface area contributed by atoms with Crippen LogP contribution in [0.2, 0.25) is 0 Å². The monoisotopic (exact) mass is 456 g/mol. The summed E-state index contributed by atoms with van der Waals surface area (Å²) in [6.45, 7) is 6.40. The van der Waals surface area contributed by atoms with Gasteiger partial charge in [0.2, 0.25) is 0 Å². The second kappa shape index (κ2) is 9.26. The second-order valence-electron chi connectivity index (χ2n) is 7.24. The van der Waals surface area contributed by atoms with Crippen molar-refractivity contribution in [2.75, 3.05) is 31.1 Å². The minimum Gasteiger partial charge on any atom is -0.310 e. The van der Waals surface area contributed by atoms with Gasteiger partial charge in [0.25, 0.3) is 0 Å². The number of hydrogen-bond acceptors (Lipinski definition) is 7. The zero-order valence-corrected chi connectivity index (χ0v) is 19.1. The molecule has 1 fully saturated rings. The Hall–Kier alpha value is -1.26. The molecule has 2 aromatic rings. The van der Waals surface area contributed by atoms with Crippen LogP contribution < -0.4 is 5.32 Å². The quantitative estimate of drug-likeness (QED) is 0.624. The van der Waals surface area contributed by atoms with Crippen LogP contribution in [0.3, 0.4) is 0 Å². The van der Waals surface area contributed by atoms with Crippen molar-refractivity contribution in [3.63, 3.8) is 0 Å². The highest BCUT2D eigenvalue weighted by atomic mass is 32.2. The van der Waals surface area contributed by atoms with E-state index < -0.39 is 31.0 Å². The summed E-state index contributed by atoms with van der Waals surface area (Å²) in [5, 5.41) is 4.35. The van der Waals surface area contributed by atoms with Crippen molar-refractivity contribution in [1.82, 2.24) is 10.2 Å². The first-order chi connectivity index (χ1) is 13.8. The van der Waals surface area contributed by atoms with Crippen LogP contribution in [0.5, 0.6) is 0 Å². The van der Waals surface area contributed by atoms with E-state index in [9.17, 15) is 16.8 Å². The van der Waals surface area contributed by atoms with Gasteiger partial charge in [0.05, 0.1) is 27.7 Å². The molecule has 1 saturated heterocycles. The van der Waals surface area contributed by atoms with Gasteiger partial charge in [-0.05, 0) is 36.7 Å². The zero-order valence-electron chi connectivity index (χ0n) is 16.7. The Labute approximate surface area is 177 Å². The summed E-state index contributed by atoms with van der Waals surface area (Å²) in [4.78, 5) is 3.65. The molecule has 0 amide bonds. The number of nitrogens with zero attached hydrogens (tertiary/aromatic N) is 1. The van der Waals surface area contributed by atoms with Gasteiger partial charge in [0.15, 0.2) is 19.7 Å². The largest absolute Gasteiger partial charge is 0.310 e. The number of sulfone groups is 2. The molecule has 1 aromatic carbocycles. The van der Waals surface area contributed by atoms with E-state index in [0.717, 1.165) is 13.1 Å². The Morgan fingerprint density at radius 3 is 2.38 bits per heavy atom. The van der Waals surface area contributed by atoms with Crippen LogP contribution in [0.1, 0.15) is 24.8 Å². The van der Waals surface area contributed by atoms with Crippen LogP contribution in [-0.4, -0.2) is 64.2 Å². The Morgan fingerprint density at radius 2 is 1.79 bits per heavy atom. The molecule has 3 atom stereocenters. The summed E-state index contributed by atoms with van der Waals surface area (Å²) in [5.74, 6) is -0.490. The van der Waals surface area contributed by atoms with Crippen LogP contribution in [0.4, 0.5) is 0 Å². The molecule has 160 valence electrons. The SMILES string of the molecule is CCN(CC)C(CN[C@H]1CS(=O)(=O)C[C@@H]1S(=O)(=O)c1ccccc1)c1cccs1. The van der Waals surface area contributed by atoms with Gasteiger partial charge >= 0.3 is 0 Å². The lowest BCUT2D eigenvalue weighted by molar-refractivity contribution is 0.212. The van der Waals surface area contributed by atoms with E-state index in [2.05, 4.69) is 30.1 Å². The number of hydrogen-bond donors (Lipinski definition) is 1. The average molecular weight is 457 g/mol. The molecular weight excluding hydrogens is 428 g/mol. The van der Waals surface area contributed by atoms with E-state index in [-0.39, 0.29) is 22.4 Å². The number of benzene rings is 1. The Balaban J connectivity index is 1.84. The molecule has 0 saturated carbocycles. The maximum atomic E-state index is 13.1. The predicted octanol–water partition coefficient (Wildman–Crippen LogP) is 2.36. The molecule has 3 rings (SSSR count). The molecule has 29 heavy (non-hydrogen) atoms. The van der Waals surface area contributed by atoms with E-state index in [1.807, 2.05) is 11.4 Å². The van der Waals surface area contributed by atoms with Crippen molar-refractivity contribution in [2.45, 2.75) is 36.1 Å². The van der Waals surface area contributed by atoms with Crippen LogP contribution in [-0.2, 0) is 19.7 Å². The number of rotatable bonds is 9. The summed E-state index contributed by atoms with van der Waals surface area (Å²) < 4.78 is 51.0. The highest BCUT2D eigenvalue weighted by molar-refractivity contribution is 7.96. The third-order valence-electron chi connectivity index (χ3n) is 5.47. The molecule has 1 aliphatic rings. The van der Waals surface area contributed by atoms with E-state index in [1.165, 1.54) is 17.0 Å². The maximum Gasteiger partial charge on any atom is 0.183 e. The van der Waals surface area contributed by atoms with Crippen molar-refractivity contribution in [2.24, 2.45) is 0 Å². The molecule has 0 radical (unpaired) electrons. The van der Waals surface area contributed by atoms with Gasteiger partial charge in [-0.1, -0.05) is 38.1 Å². The molecule has 1 unspecified atom stereocenters. The number of likely N-dealkylation sites (N-methyl/N-ethyl adjacent to an activating group) is 1. The van der Waals surface area contributed by atoms with Crippen molar-refractivity contribution in [1.29, 1.82) is 0 Å². The minimum atomic E-state index is -3.74. The molecule has 6 nitrogen and oxygen atoms in total. The lowest BCUT2D eigenvalue weighted by Gasteiger charge is -2.31. The Bertz CT molecular complexity index is 986. The fraction of sp³-hybridized carbons (Fsp3) is 0.500. The summed E-state index contributed by atoms with van der Waals surface area (Å²) in [6.07, 6.45) is 0. The Morgan fingerprint density at radius 1 is 1.10 bits per heavy atom. The molecule has 2 heterocycles. The average Bonchev–Trinajstić information content (AvgIpc) is 3.33. The van der Waals surface area contributed by atoms with Gasteiger partial charge in [0.1, 0.15) is 0 Å². The van der Waals surface area contributed by atoms with Crippen molar-refractivity contribution in [3.8, 4) is 0 Å². The normalized spacial score (nSPS) is 22.7. The predicted molar refractivity (Wildman–Crippen MR) is 118 cm³/mol. The summed E-state index contributed by atoms with van der Waals surface area (Å²) in [6, 6.07) is 11.6. The summed E-state index contributed by atoms with van der Waals surface area (Å²) in [7, 11) is -7.17. The molecule has 1 aliphatic heterocycles. The van der Waals surface area contributed by atoms with Gasteiger partial charge in [-0.15, -0.1) is 11.3 Å². The highest BCUT2D eigenvalue weighted by Gasteiger charge is 2.45. The topological polar surface area (TPSA) is 83.6 Å². The lowest BCUT2D eigenvalue weighted by Crippen LogP contribution is -2.46. The highest BCUT2D eigenvalue weighted by Crippen LogP contribution is 2.28. The van der Waals surface area contributed by atoms with Gasteiger partial charge < -0.3 is 5.32 Å². The van der Waals surface area contributed by atoms with Crippen LogP contribution in [0, 0.1) is 0 Å². The first kappa shape index (κ1) is 22.4. The summed E-state index contributed by atoms with van der Waals surface area (Å²) in [5.41, 5.74) is 0. The molecule has 0 spiro atoms. The maximum absolute atomic E-state index is 13.1. The summed E-state index contributed by atoms with van der Waals surface area (Å²) >= 11 is 1.66. The van der Waals surface area contributed by atoms with E-state index in [0.29, 0.717) is 6.54 Å². The van der Waals surface area contributed by atoms with Crippen LogP contribution in [0.25, 0.3) is 0 Å². The standard InChI is InChI=1S/C20H28N2O4S3/c1-3-22(4-2)18(19-11-8-12-27-19)13-21-17-14-28(23,24)15-20(17)29(25,26)16-9-6-5-7-10-16/h5-12,17-18,20-21H,3-4,13-15H2,1-2H3/t17-,18?,20-/m0/s1. The van der Waals surface area contributed by atoms with Crippen molar-refractivity contribution < 1.29 is 16.8 Å². The third kappa shape index (κ3) is 5.08. The lowest BCUT2D eigenvalue weighted by atomic mass is 10.1. The van der Waals surface area contributed by atoms with Gasteiger partial charge in [-0.2, -0.15) is 0 Å². The fourth-order valence-corrected chi connectivity index (χ4v) is 9.51. The van der Waals surface area contributed by atoms with Gasteiger partial charge in [-0.25, -0.2) is 16.8 Å². The Kier molecular flexibility index (Phi) is 7.16. The molecule has 9 heteroatoms. The van der Waals surface area contributed by atoms with Gasteiger partial charge in [0, 0.05) is 17.5 Å². The first-order valence-corrected chi connectivity index (χ1v) is 14.0. The molecule has 1 aromatic heterocycles. The molecular formula is C20H28N2O4S3. The van der Waals surface area contributed by atoms with Crippen LogP contribution in [0.15, 0.2) is 52.7 Å². The molecule has 0 bridgehead atoms. The smallest absolute Gasteiger partial charge is 0.183 e. The second-order valence-corrected chi connectivity index (χ2v) is 12.5. The third-order valence-corrected chi connectivity index (χ3v) is 10.6. The number of nitrogens with one attached hydrogen (secondary N) is 1. The fourth-order valence-electron chi connectivity index (χ4n) is 3.91. The van der Waals surface area contributed by atoms with Crippen LogP contribution >= 0.6 is 11.3 Å². The van der Waals surface area contributed by atoms with Crippen molar-refractivity contribution in [3.05, 3.63) is 52.7 Å². The van der Waals surface area contributed by atoms with E-state index in [4.69, 9.17) is 0 Å². The van der Waals surface area contributed by atoms with Crippen molar-refractivity contribution >= 4 is 31.0 Å². The first-order valence-electron chi connectivity index (χ1n) is 9.78. The molecule has 0 aliphatic carbocycles.